The van der Waals surface area contributed by atoms with Crippen molar-refractivity contribution in [1.82, 2.24) is 5.32 Å². The SMILES string of the molecule is COC(C)CNCC(=O)Nc1cccc(Cl)c1. The van der Waals surface area contributed by atoms with Crippen molar-refractivity contribution in [2.75, 3.05) is 25.5 Å². The average Bonchev–Trinajstić information content (AvgIpc) is 2.28. The Morgan fingerprint density at radius 1 is 1.53 bits per heavy atom. The number of rotatable bonds is 6. The second kappa shape index (κ2) is 7.27. The Balaban J connectivity index is 2.30. The van der Waals surface area contributed by atoms with E-state index >= 15 is 0 Å². The van der Waals surface area contributed by atoms with Gasteiger partial charge in [-0.3, -0.25) is 4.79 Å². The number of nitrogens with one attached hydrogen (secondary N) is 2. The largest absolute Gasteiger partial charge is 0.380 e. The molecule has 1 rings (SSSR count). The maximum atomic E-state index is 11.5. The number of halogens is 1. The lowest BCUT2D eigenvalue weighted by molar-refractivity contribution is -0.115. The molecule has 0 spiro atoms. The van der Waals surface area contributed by atoms with Crippen LogP contribution in [0.15, 0.2) is 24.3 Å². The summed E-state index contributed by atoms with van der Waals surface area (Å²) in [6.07, 6.45) is 0.0916. The maximum absolute atomic E-state index is 11.5. The predicted molar refractivity (Wildman–Crippen MR) is 69.4 cm³/mol. The van der Waals surface area contributed by atoms with Crippen LogP contribution < -0.4 is 10.6 Å². The van der Waals surface area contributed by atoms with Gasteiger partial charge in [0.2, 0.25) is 5.91 Å². The van der Waals surface area contributed by atoms with Gasteiger partial charge in [0.05, 0.1) is 12.6 Å². The molecule has 1 aromatic carbocycles. The van der Waals surface area contributed by atoms with Crippen molar-refractivity contribution in [2.24, 2.45) is 0 Å². The molecule has 1 amide bonds. The first-order chi connectivity index (χ1) is 8.11. The van der Waals surface area contributed by atoms with Crippen LogP contribution in [0.4, 0.5) is 5.69 Å². The van der Waals surface area contributed by atoms with Gasteiger partial charge in [-0.05, 0) is 25.1 Å². The van der Waals surface area contributed by atoms with Gasteiger partial charge in [-0.15, -0.1) is 0 Å². The monoisotopic (exact) mass is 256 g/mol. The zero-order chi connectivity index (χ0) is 12.7. The van der Waals surface area contributed by atoms with Crippen LogP contribution in [0.2, 0.25) is 5.02 Å². The zero-order valence-corrected chi connectivity index (χ0v) is 10.8. The highest BCUT2D eigenvalue weighted by Gasteiger charge is 2.04. The fourth-order valence-electron chi connectivity index (χ4n) is 1.24. The summed E-state index contributed by atoms with van der Waals surface area (Å²) in [6.45, 7) is 2.82. The number of ether oxygens (including phenoxy) is 1. The van der Waals surface area contributed by atoms with Crippen molar-refractivity contribution < 1.29 is 9.53 Å². The number of hydrogen-bond donors (Lipinski definition) is 2. The molecule has 1 unspecified atom stereocenters. The van der Waals surface area contributed by atoms with Crippen molar-refractivity contribution in [3.05, 3.63) is 29.3 Å². The highest BCUT2D eigenvalue weighted by molar-refractivity contribution is 6.30. The lowest BCUT2D eigenvalue weighted by atomic mass is 10.3. The van der Waals surface area contributed by atoms with Crippen LogP contribution in [0.1, 0.15) is 6.92 Å². The molecule has 0 aromatic heterocycles. The topological polar surface area (TPSA) is 50.4 Å². The van der Waals surface area contributed by atoms with Gasteiger partial charge in [0.25, 0.3) is 0 Å². The van der Waals surface area contributed by atoms with E-state index in [-0.39, 0.29) is 18.6 Å². The fourth-order valence-corrected chi connectivity index (χ4v) is 1.43. The van der Waals surface area contributed by atoms with Crippen LogP contribution in [-0.2, 0) is 9.53 Å². The van der Waals surface area contributed by atoms with Gasteiger partial charge < -0.3 is 15.4 Å². The number of carbonyl (C=O) groups is 1. The van der Waals surface area contributed by atoms with Gasteiger partial charge in [-0.25, -0.2) is 0 Å². The minimum absolute atomic E-state index is 0.0916. The number of benzene rings is 1. The van der Waals surface area contributed by atoms with Crippen LogP contribution in [0.3, 0.4) is 0 Å². The summed E-state index contributed by atoms with van der Waals surface area (Å²) in [4.78, 5) is 11.5. The quantitative estimate of drug-likeness (QED) is 0.817. The Morgan fingerprint density at radius 2 is 2.29 bits per heavy atom. The van der Waals surface area contributed by atoms with Crippen LogP contribution in [0.5, 0.6) is 0 Å². The lowest BCUT2D eigenvalue weighted by Crippen LogP contribution is -2.33. The molecule has 0 aliphatic rings. The summed E-state index contributed by atoms with van der Waals surface area (Å²) in [6, 6.07) is 7.05. The number of amides is 1. The first-order valence-corrected chi connectivity index (χ1v) is 5.78. The molecule has 4 nitrogen and oxygen atoms in total. The first kappa shape index (κ1) is 14.0. The summed E-state index contributed by atoms with van der Waals surface area (Å²) >= 11 is 5.81. The van der Waals surface area contributed by atoms with Crippen molar-refractivity contribution >= 4 is 23.2 Å². The summed E-state index contributed by atoms with van der Waals surface area (Å²) in [5, 5.41) is 6.35. The maximum Gasteiger partial charge on any atom is 0.238 e. The van der Waals surface area contributed by atoms with Gasteiger partial charge >= 0.3 is 0 Å². The molecule has 0 saturated heterocycles. The third-order valence-corrected chi connectivity index (χ3v) is 2.46. The zero-order valence-electron chi connectivity index (χ0n) is 10.00. The summed E-state index contributed by atoms with van der Waals surface area (Å²) in [5.74, 6) is -0.101. The molecule has 1 aromatic rings. The second-order valence-corrected chi connectivity index (χ2v) is 4.17. The minimum atomic E-state index is -0.101. The molecular weight excluding hydrogens is 240 g/mol. The van der Waals surface area contributed by atoms with E-state index in [1.165, 1.54) is 0 Å². The lowest BCUT2D eigenvalue weighted by Gasteiger charge is -2.10. The standard InChI is InChI=1S/C12H17ClN2O2/c1-9(17-2)7-14-8-12(16)15-11-5-3-4-10(13)6-11/h3-6,9,14H,7-8H2,1-2H3,(H,15,16). The Labute approximate surface area is 106 Å². The van der Waals surface area contributed by atoms with Crippen LogP contribution in [0, 0.1) is 0 Å². The van der Waals surface area contributed by atoms with E-state index < -0.39 is 0 Å². The molecule has 0 fully saturated rings. The summed E-state index contributed by atoms with van der Waals surface area (Å²) in [7, 11) is 1.64. The van der Waals surface area contributed by atoms with Crippen LogP contribution >= 0.6 is 11.6 Å². The van der Waals surface area contributed by atoms with Gasteiger partial charge in [-0.1, -0.05) is 17.7 Å². The number of anilines is 1. The van der Waals surface area contributed by atoms with Gasteiger partial charge in [0.1, 0.15) is 0 Å². The molecule has 0 bridgehead atoms. The van der Waals surface area contributed by atoms with E-state index in [1.807, 2.05) is 6.92 Å². The Hall–Kier alpha value is -1.10. The third kappa shape index (κ3) is 5.68. The fraction of sp³-hybridized carbons (Fsp3) is 0.417. The van der Waals surface area contributed by atoms with E-state index in [0.29, 0.717) is 17.3 Å². The van der Waals surface area contributed by atoms with Crippen molar-refractivity contribution in [3.8, 4) is 0 Å². The molecule has 94 valence electrons. The van der Waals surface area contributed by atoms with Crippen molar-refractivity contribution in [1.29, 1.82) is 0 Å². The number of carbonyl (C=O) groups excluding carboxylic acids is 1. The van der Waals surface area contributed by atoms with E-state index in [9.17, 15) is 4.79 Å². The minimum Gasteiger partial charge on any atom is -0.380 e. The van der Waals surface area contributed by atoms with Crippen LogP contribution in [0.25, 0.3) is 0 Å². The Kier molecular flexibility index (Phi) is 5.97. The second-order valence-electron chi connectivity index (χ2n) is 3.74. The van der Waals surface area contributed by atoms with E-state index in [4.69, 9.17) is 16.3 Å². The number of hydrogen-bond acceptors (Lipinski definition) is 3. The van der Waals surface area contributed by atoms with Crippen molar-refractivity contribution in [3.63, 3.8) is 0 Å². The molecular formula is C12H17ClN2O2. The normalized spacial score (nSPS) is 12.2. The Bertz CT molecular complexity index is 371. The van der Waals surface area contributed by atoms with Gasteiger partial charge in [-0.2, -0.15) is 0 Å². The molecule has 2 N–H and O–H groups in total. The highest BCUT2D eigenvalue weighted by atomic mass is 35.5. The highest BCUT2D eigenvalue weighted by Crippen LogP contribution is 2.14. The molecule has 0 heterocycles. The molecule has 0 saturated carbocycles. The van der Waals surface area contributed by atoms with Crippen LogP contribution in [-0.4, -0.2) is 32.2 Å². The van der Waals surface area contributed by atoms with E-state index in [1.54, 1.807) is 31.4 Å². The van der Waals surface area contributed by atoms with Gasteiger partial charge in [0, 0.05) is 24.4 Å². The summed E-state index contributed by atoms with van der Waals surface area (Å²) in [5.41, 5.74) is 0.698. The van der Waals surface area contributed by atoms with Crippen molar-refractivity contribution in [2.45, 2.75) is 13.0 Å². The smallest absolute Gasteiger partial charge is 0.238 e. The van der Waals surface area contributed by atoms with E-state index in [0.717, 1.165) is 0 Å². The third-order valence-electron chi connectivity index (χ3n) is 2.23. The summed E-state index contributed by atoms with van der Waals surface area (Å²) < 4.78 is 5.05. The molecule has 5 heteroatoms. The van der Waals surface area contributed by atoms with Gasteiger partial charge in [0.15, 0.2) is 0 Å². The Morgan fingerprint density at radius 3 is 2.94 bits per heavy atom. The molecule has 0 aliphatic heterocycles. The van der Waals surface area contributed by atoms with E-state index in [2.05, 4.69) is 10.6 Å². The molecule has 0 aliphatic carbocycles. The predicted octanol–water partition coefficient (Wildman–Crippen LogP) is 1.90. The molecule has 1 atom stereocenters. The first-order valence-electron chi connectivity index (χ1n) is 5.40. The average molecular weight is 257 g/mol. The molecule has 0 radical (unpaired) electrons. The number of methoxy groups -OCH3 is 1. The molecule has 17 heavy (non-hydrogen) atoms.